The Hall–Kier alpha value is -0.993. The van der Waals surface area contributed by atoms with Crippen LogP contribution in [0.2, 0.25) is 12.6 Å². The first-order valence-corrected chi connectivity index (χ1v) is 9.50. The second kappa shape index (κ2) is 7.52. The summed E-state index contributed by atoms with van der Waals surface area (Å²) < 4.78 is 78.3. The fourth-order valence-electron chi connectivity index (χ4n) is 2.48. The first-order valence-electron chi connectivity index (χ1n) is 6.97. The minimum atomic E-state index is -2.76. The molecule has 22 heavy (non-hydrogen) atoms. The van der Waals surface area contributed by atoms with Gasteiger partial charge in [-0.05, 0) is 32.4 Å². The maximum absolute atomic E-state index is 13.8. The second-order valence-corrected chi connectivity index (χ2v) is 8.34. The van der Waals surface area contributed by atoms with Crippen molar-refractivity contribution in [1.82, 2.24) is 0 Å². The van der Waals surface area contributed by atoms with Crippen molar-refractivity contribution in [3.05, 3.63) is 34.6 Å². The summed E-state index contributed by atoms with van der Waals surface area (Å²) in [6.45, 7) is 7.25. The first kappa shape index (κ1) is 19.1. The molecule has 0 spiro atoms. The molecule has 1 aromatic rings. The average Bonchev–Trinajstić information content (AvgIpc) is 2.43. The molecule has 126 valence electrons. The number of rotatable bonds is 7. The van der Waals surface area contributed by atoms with Crippen molar-refractivity contribution in [2.24, 2.45) is 0 Å². The summed E-state index contributed by atoms with van der Waals surface area (Å²) in [7, 11) is -2.76. The lowest BCUT2D eigenvalue weighted by Gasteiger charge is -2.29. The molecule has 0 aromatic heterocycles. The third kappa shape index (κ3) is 3.85. The van der Waals surface area contributed by atoms with E-state index in [4.69, 9.17) is 8.85 Å². The van der Waals surface area contributed by atoms with E-state index in [1.54, 1.807) is 20.4 Å². The van der Waals surface area contributed by atoms with E-state index < -0.39 is 49.1 Å². The first-order chi connectivity index (χ1) is 10.2. The zero-order valence-corrected chi connectivity index (χ0v) is 13.9. The molecule has 1 atom stereocenters. The third-order valence-electron chi connectivity index (χ3n) is 3.31. The smallest absolute Gasteiger partial charge is 0.335 e. The molecule has 2 nitrogen and oxygen atoms in total. The molecule has 0 aliphatic heterocycles. The maximum atomic E-state index is 13.8. The van der Waals surface area contributed by atoms with Crippen molar-refractivity contribution in [3.63, 3.8) is 0 Å². The molecule has 0 saturated carbocycles. The molecule has 0 saturated heterocycles. The van der Waals surface area contributed by atoms with Gasteiger partial charge in [-0.2, -0.15) is 0 Å². The Morgan fingerprint density at radius 3 is 1.55 bits per heavy atom. The summed E-state index contributed by atoms with van der Waals surface area (Å²) in [6.07, 6.45) is 0. The van der Waals surface area contributed by atoms with Crippen LogP contribution in [-0.4, -0.2) is 21.8 Å². The SMILES string of the molecule is CCO[Si](C)(CC(C)c1c(F)c(F)c(F)c(F)c1F)OCC. The van der Waals surface area contributed by atoms with Gasteiger partial charge in [0, 0.05) is 18.8 Å². The van der Waals surface area contributed by atoms with Crippen LogP contribution < -0.4 is 0 Å². The molecular formula is C14H19F5O2Si. The van der Waals surface area contributed by atoms with E-state index in [2.05, 4.69) is 0 Å². The summed E-state index contributed by atoms with van der Waals surface area (Å²) >= 11 is 0. The van der Waals surface area contributed by atoms with Gasteiger partial charge in [-0.1, -0.05) is 6.92 Å². The monoisotopic (exact) mass is 342 g/mol. The van der Waals surface area contributed by atoms with Gasteiger partial charge in [0.25, 0.3) is 0 Å². The lowest BCUT2D eigenvalue weighted by atomic mass is 10.0. The number of hydrogen-bond donors (Lipinski definition) is 0. The van der Waals surface area contributed by atoms with Crippen LogP contribution in [0.25, 0.3) is 0 Å². The second-order valence-electron chi connectivity index (χ2n) is 5.09. The van der Waals surface area contributed by atoms with E-state index in [-0.39, 0.29) is 6.04 Å². The molecule has 0 radical (unpaired) electrons. The molecule has 0 aliphatic carbocycles. The minimum Gasteiger partial charge on any atom is -0.395 e. The summed E-state index contributed by atoms with van der Waals surface area (Å²) in [5, 5.41) is 0. The number of benzene rings is 1. The van der Waals surface area contributed by atoms with E-state index in [0.29, 0.717) is 13.2 Å². The van der Waals surface area contributed by atoms with Gasteiger partial charge >= 0.3 is 8.56 Å². The lowest BCUT2D eigenvalue weighted by Crippen LogP contribution is -2.40. The topological polar surface area (TPSA) is 18.5 Å². The van der Waals surface area contributed by atoms with Gasteiger partial charge in [-0.15, -0.1) is 0 Å². The normalized spacial score (nSPS) is 13.5. The molecule has 0 heterocycles. The highest BCUT2D eigenvalue weighted by atomic mass is 28.4. The molecule has 0 fully saturated rings. The Labute approximate surface area is 127 Å². The predicted molar refractivity (Wildman–Crippen MR) is 74.3 cm³/mol. The molecule has 1 rings (SSSR count). The Bertz CT molecular complexity index is 503. The molecule has 1 unspecified atom stereocenters. The lowest BCUT2D eigenvalue weighted by molar-refractivity contribution is 0.187. The van der Waals surface area contributed by atoms with Crippen molar-refractivity contribution in [1.29, 1.82) is 0 Å². The van der Waals surface area contributed by atoms with Gasteiger partial charge in [0.05, 0.1) is 0 Å². The molecule has 0 N–H and O–H groups in total. The van der Waals surface area contributed by atoms with Crippen LogP contribution in [0.15, 0.2) is 0 Å². The Balaban J connectivity index is 3.20. The molecular weight excluding hydrogens is 323 g/mol. The van der Waals surface area contributed by atoms with Gasteiger partial charge in [0.15, 0.2) is 23.3 Å². The summed E-state index contributed by atoms with van der Waals surface area (Å²) in [5.74, 6) is -10.5. The van der Waals surface area contributed by atoms with E-state index in [1.165, 1.54) is 6.92 Å². The highest BCUT2D eigenvalue weighted by molar-refractivity contribution is 6.66. The van der Waals surface area contributed by atoms with Crippen LogP contribution in [0.3, 0.4) is 0 Å². The van der Waals surface area contributed by atoms with Crippen LogP contribution in [0.5, 0.6) is 0 Å². The summed E-state index contributed by atoms with van der Waals surface area (Å²) in [4.78, 5) is 0. The molecule has 8 heteroatoms. The van der Waals surface area contributed by atoms with Crippen molar-refractivity contribution in [2.75, 3.05) is 13.2 Å². The highest BCUT2D eigenvalue weighted by Gasteiger charge is 2.37. The molecule has 0 amide bonds. The standard InChI is InChI=1S/C14H19F5O2Si/c1-5-20-22(4,21-6-2)7-8(3)9-10(15)12(17)14(19)13(18)11(9)16/h8H,5-7H2,1-4H3. The Kier molecular flexibility index (Phi) is 6.51. The molecule has 1 aromatic carbocycles. The zero-order valence-electron chi connectivity index (χ0n) is 12.9. The maximum Gasteiger partial charge on any atom is 0.335 e. The van der Waals surface area contributed by atoms with Crippen LogP contribution in [0.1, 0.15) is 32.3 Å². The van der Waals surface area contributed by atoms with Gasteiger partial charge in [-0.25, -0.2) is 22.0 Å². The summed E-state index contributed by atoms with van der Waals surface area (Å²) in [6, 6.07) is 0.0764. The van der Waals surface area contributed by atoms with Crippen molar-refractivity contribution >= 4 is 8.56 Å². The van der Waals surface area contributed by atoms with Crippen LogP contribution in [0.4, 0.5) is 22.0 Å². The van der Waals surface area contributed by atoms with Crippen LogP contribution in [-0.2, 0) is 8.85 Å². The van der Waals surface area contributed by atoms with Gasteiger partial charge < -0.3 is 8.85 Å². The largest absolute Gasteiger partial charge is 0.395 e. The van der Waals surface area contributed by atoms with Gasteiger partial charge in [-0.3, -0.25) is 0 Å². The fraction of sp³-hybridized carbons (Fsp3) is 0.571. The minimum absolute atomic E-state index is 0.0764. The van der Waals surface area contributed by atoms with Crippen molar-refractivity contribution in [2.45, 2.75) is 39.3 Å². The Morgan fingerprint density at radius 2 is 1.18 bits per heavy atom. The number of halogens is 5. The van der Waals surface area contributed by atoms with Crippen molar-refractivity contribution < 1.29 is 30.8 Å². The van der Waals surface area contributed by atoms with Crippen molar-refractivity contribution in [3.8, 4) is 0 Å². The van der Waals surface area contributed by atoms with E-state index in [1.807, 2.05) is 0 Å². The number of hydrogen-bond acceptors (Lipinski definition) is 2. The van der Waals surface area contributed by atoms with Crippen LogP contribution >= 0.6 is 0 Å². The predicted octanol–water partition coefficient (Wildman–Crippen LogP) is 4.63. The summed E-state index contributed by atoms with van der Waals surface area (Å²) in [5.41, 5.74) is -0.825. The highest BCUT2D eigenvalue weighted by Crippen LogP contribution is 2.34. The van der Waals surface area contributed by atoms with E-state index >= 15 is 0 Å². The third-order valence-corrected chi connectivity index (χ3v) is 6.47. The quantitative estimate of drug-likeness (QED) is 0.311. The Morgan fingerprint density at radius 1 is 0.818 bits per heavy atom. The van der Waals surface area contributed by atoms with Gasteiger partial charge in [0.1, 0.15) is 0 Å². The molecule has 0 bridgehead atoms. The average molecular weight is 342 g/mol. The fourth-order valence-corrected chi connectivity index (χ4v) is 5.34. The molecule has 0 aliphatic rings. The zero-order chi connectivity index (χ0) is 17.1. The van der Waals surface area contributed by atoms with Gasteiger partial charge in [0.2, 0.25) is 5.82 Å². The van der Waals surface area contributed by atoms with Crippen LogP contribution in [0, 0.1) is 29.1 Å². The van der Waals surface area contributed by atoms with E-state index in [0.717, 1.165) is 0 Å². The van der Waals surface area contributed by atoms with E-state index in [9.17, 15) is 22.0 Å².